The SMILES string of the molecule is O=C(N[C@@H](CC1CCCCC1)[C@@H](O)C(=O)Cc1ccccc1)c1ccccc1. The average molecular weight is 380 g/mol. The van der Waals surface area contributed by atoms with E-state index in [0.717, 1.165) is 18.4 Å². The smallest absolute Gasteiger partial charge is 0.251 e. The van der Waals surface area contributed by atoms with E-state index in [-0.39, 0.29) is 18.1 Å². The molecular formula is C24H29NO3. The number of aliphatic hydroxyl groups excluding tert-OH is 1. The molecule has 1 fully saturated rings. The molecule has 0 radical (unpaired) electrons. The summed E-state index contributed by atoms with van der Waals surface area (Å²) in [4.78, 5) is 25.4. The van der Waals surface area contributed by atoms with Crippen molar-refractivity contribution in [1.29, 1.82) is 0 Å². The van der Waals surface area contributed by atoms with Gasteiger partial charge in [-0.1, -0.05) is 80.6 Å². The van der Waals surface area contributed by atoms with Crippen molar-refractivity contribution in [2.75, 3.05) is 0 Å². The lowest BCUT2D eigenvalue weighted by Gasteiger charge is -2.29. The monoisotopic (exact) mass is 379 g/mol. The Morgan fingerprint density at radius 2 is 1.54 bits per heavy atom. The van der Waals surface area contributed by atoms with Crippen LogP contribution in [0.1, 0.15) is 54.4 Å². The van der Waals surface area contributed by atoms with Crippen molar-refractivity contribution in [3.05, 3.63) is 71.8 Å². The number of hydrogen-bond donors (Lipinski definition) is 2. The summed E-state index contributed by atoms with van der Waals surface area (Å²) in [5.74, 6) is -0.0534. The molecule has 1 amide bonds. The van der Waals surface area contributed by atoms with Crippen LogP contribution in [-0.4, -0.2) is 28.9 Å². The van der Waals surface area contributed by atoms with Crippen LogP contribution in [0.25, 0.3) is 0 Å². The molecule has 4 heteroatoms. The first-order valence-corrected chi connectivity index (χ1v) is 10.2. The third-order valence-electron chi connectivity index (χ3n) is 5.60. The third-order valence-corrected chi connectivity index (χ3v) is 5.60. The van der Waals surface area contributed by atoms with Gasteiger partial charge in [0.05, 0.1) is 6.04 Å². The van der Waals surface area contributed by atoms with Crippen molar-refractivity contribution < 1.29 is 14.7 Å². The Hall–Kier alpha value is -2.46. The Balaban J connectivity index is 1.70. The number of carbonyl (C=O) groups excluding carboxylic acids is 2. The first kappa shape index (κ1) is 20.3. The second kappa shape index (κ2) is 10.2. The summed E-state index contributed by atoms with van der Waals surface area (Å²) < 4.78 is 0. The Morgan fingerprint density at radius 1 is 0.929 bits per heavy atom. The number of nitrogens with one attached hydrogen (secondary N) is 1. The van der Waals surface area contributed by atoms with Gasteiger partial charge in [-0.05, 0) is 30.0 Å². The molecule has 1 aliphatic carbocycles. The Kier molecular flexibility index (Phi) is 7.38. The minimum atomic E-state index is -1.20. The van der Waals surface area contributed by atoms with E-state index in [0.29, 0.717) is 17.9 Å². The van der Waals surface area contributed by atoms with E-state index < -0.39 is 12.1 Å². The van der Waals surface area contributed by atoms with Crippen molar-refractivity contribution in [3.63, 3.8) is 0 Å². The lowest BCUT2D eigenvalue weighted by Crippen LogP contribution is -2.48. The molecule has 0 bridgehead atoms. The predicted octanol–water partition coefficient (Wildman–Crippen LogP) is 3.93. The van der Waals surface area contributed by atoms with E-state index in [1.807, 2.05) is 48.5 Å². The van der Waals surface area contributed by atoms with Crippen LogP contribution in [0.5, 0.6) is 0 Å². The van der Waals surface area contributed by atoms with Gasteiger partial charge in [0, 0.05) is 12.0 Å². The summed E-state index contributed by atoms with van der Waals surface area (Å²) >= 11 is 0. The number of rotatable bonds is 8. The number of benzene rings is 2. The van der Waals surface area contributed by atoms with Crippen LogP contribution in [0.2, 0.25) is 0 Å². The molecule has 0 spiro atoms. The Bertz CT molecular complexity index is 754. The standard InChI is InChI=1S/C24H29NO3/c26-22(17-19-12-6-2-7-13-19)23(27)21(16-18-10-4-1-5-11-18)25-24(28)20-14-8-3-9-15-20/h2-3,6-9,12-15,18,21,23,27H,1,4-5,10-11,16-17H2,(H,25,28)/t21-,23+/m0/s1. The molecule has 0 unspecified atom stereocenters. The van der Waals surface area contributed by atoms with Crippen LogP contribution in [-0.2, 0) is 11.2 Å². The van der Waals surface area contributed by atoms with Gasteiger partial charge in [-0.2, -0.15) is 0 Å². The molecule has 3 rings (SSSR count). The maximum atomic E-state index is 12.7. The zero-order chi connectivity index (χ0) is 19.8. The van der Waals surface area contributed by atoms with Crippen molar-refractivity contribution in [2.45, 2.75) is 57.1 Å². The lowest BCUT2D eigenvalue weighted by atomic mass is 9.82. The molecule has 28 heavy (non-hydrogen) atoms. The van der Waals surface area contributed by atoms with Crippen LogP contribution in [0.4, 0.5) is 0 Å². The van der Waals surface area contributed by atoms with Crippen molar-refractivity contribution in [1.82, 2.24) is 5.32 Å². The molecule has 1 saturated carbocycles. The van der Waals surface area contributed by atoms with Gasteiger partial charge in [-0.3, -0.25) is 9.59 Å². The van der Waals surface area contributed by atoms with Crippen LogP contribution >= 0.6 is 0 Å². The molecule has 0 saturated heterocycles. The number of ketones is 1. The van der Waals surface area contributed by atoms with Gasteiger partial charge in [0.2, 0.25) is 0 Å². The summed E-state index contributed by atoms with van der Waals surface area (Å²) in [6.45, 7) is 0. The van der Waals surface area contributed by atoms with Crippen molar-refractivity contribution in [3.8, 4) is 0 Å². The van der Waals surface area contributed by atoms with Crippen LogP contribution in [0.3, 0.4) is 0 Å². The van der Waals surface area contributed by atoms with E-state index in [9.17, 15) is 14.7 Å². The van der Waals surface area contributed by atoms with E-state index in [1.165, 1.54) is 19.3 Å². The third kappa shape index (κ3) is 5.77. The zero-order valence-electron chi connectivity index (χ0n) is 16.2. The second-order valence-corrected chi connectivity index (χ2v) is 7.76. The van der Waals surface area contributed by atoms with Gasteiger partial charge in [-0.25, -0.2) is 0 Å². The normalized spacial score (nSPS) is 16.9. The van der Waals surface area contributed by atoms with Gasteiger partial charge in [0.25, 0.3) is 5.91 Å². The molecular weight excluding hydrogens is 350 g/mol. The van der Waals surface area contributed by atoms with Gasteiger partial charge in [0.1, 0.15) is 6.10 Å². The lowest BCUT2D eigenvalue weighted by molar-refractivity contribution is -0.128. The first-order valence-electron chi connectivity index (χ1n) is 10.2. The molecule has 0 aliphatic heterocycles. The molecule has 2 aromatic carbocycles. The molecule has 4 nitrogen and oxygen atoms in total. The van der Waals surface area contributed by atoms with Crippen molar-refractivity contribution >= 4 is 11.7 Å². The molecule has 2 aromatic rings. The summed E-state index contributed by atoms with van der Waals surface area (Å²) in [6.07, 6.45) is 5.40. The van der Waals surface area contributed by atoms with Gasteiger partial charge in [-0.15, -0.1) is 0 Å². The van der Waals surface area contributed by atoms with E-state index >= 15 is 0 Å². The van der Waals surface area contributed by atoms with Crippen LogP contribution in [0, 0.1) is 5.92 Å². The molecule has 1 aliphatic rings. The minimum absolute atomic E-state index is 0.171. The maximum absolute atomic E-state index is 12.7. The number of Topliss-reactive ketones (excluding diaryl/α,β-unsaturated/α-hetero) is 1. The fraction of sp³-hybridized carbons (Fsp3) is 0.417. The fourth-order valence-electron chi connectivity index (χ4n) is 4.02. The zero-order valence-corrected chi connectivity index (χ0v) is 16.2. The highest BCUT2D eigenvalue weighted by Gasteiger charge is 2.30. The van der Waals surface area contributed by atoms with Gasteiger partial charge >= 0.3 is 0 Å². The first-order chi connectivity index (χ1) is 13.6. The Morgan fingerprint density at radius 3 is 2.18 bits per heavy atom. The average Bonchev–Trinajstić information content (AvgIpc) is 2.74. The summed E-state index contributed by atoms with van der Waals surface area (Å²) in [5.41, 5.74) is 1.41. The van der Waals surface area contributed by atoms with Crippen molar-refractivity contribution in [2.24, 2.45) is 5.92 Å². The number of aliphatic hydroxyl groups is 1. The molecule has 0 heterocycles. The summed E-state index contributed by atoms with van der Waals surface area (Å²) in [6, 6.07) is 17.8. The van der Waals surface area contributed by atoms with Gasteiger partial charge in [0.15, 0.2) is 5.78 Å². The number of amides is 1. The van der Waals surface area contributed by atoms with E-state index in [4.69, 9.17) is 0 Å². The number of hydrogen-bond acceptors (Lipinski definition) is 3. The maximum Gasteiger partial charge on any atom is 0.251 e. The predicted molar refractivity (Wildman–Crippen MR) is 110 cm³/mol. The molecule has 148 valence electrons. The topological polar surface area (TPSA) is 66.4 Å². The van der Waals surface area contributed by atoms with Crippen LogP contribution < -0.4 is 5.32 Å². The summed E-state index contributed by atoms with van der Waals surface area (Å²) in [5, 5.41) is 13.7. The fourth-order valence-corrected chi connectivity index (χ4v) is 4.02. The minimum Gasteiger partial charge on any atom is -0.383 e. The molecule has 0 aromatic heterocycles. The quantitative estimate of drug-likeness (QED) is 0.730. The Labute approximate surface area is 167 Å². The van der Waals surface area contributed by atoms with Gasteiger partial charge < -0.3 is 10.4 Å². The highest BCUT2D eigenvalue weighted by molar-refractivity contribution is 5.95. The largest absolute Gasteiger partial charge is 0.383 e. The highest BCUT2D eigenvalue weighted by atomic mass is 16.3. The van der Waals surface area contributed by atoms with E-state index in [2.05, 4.69) is 5.32 Å². The summed E-state index contributed by atoms with van der Waals surface area (Å²) in [7, 11) is 0. The number of carbonyl (C=O) groups is 2. The molecule has 2 atom stereocenters. The van der Waals surface area contributed by atoms with Crippen LogP contribution in [0.15, 0.2) is 60.7 Å². The highest BCUT2D eigenvalue weighted by Crippen LogP contribution is 2.28. The molecule has 2 N–H and O–H groups in total. The second-order valence-electron chi connectivity index (χ2n) is 7.76. The van der Waals surface area contributed by atoms with E-state index in [1.54, 1.807) is 12.1 Å².